The molecule has 0 fully saturated rings. The molecule has 0 aliphatic heterocycles. The Morgan fingerprint density at radius 3 is 1.53 bits per heavy atom. The molecule has 0 unspecified atom stereocenters. The first-order valence-electron chi connectivity index (χ1n) is 6.26. The summed E-state index contributed by atoms with van der Waals surface area (Å²) < 4.78 is 20.6. The molecule has 0 radical (unpaired) electrons. The first-order valence-corrected chi connectivity index (χ1v) is 6.26. The molecule has 0 saturated carbocycles. The van der Waals surface area contributed by atoms with Crippen molar-refractivity contribution in [1.82, 2.24) is 5.32 Å². The van der Waals surface area contributed by atoms with Gasteiger partial charge in [0.1, 0.15) is 0 Å². The van der Waals surface area contributed by atoms with Gasteiger partial charge in [0, 0.05) is 53.7 Å². The smallest absolute Gasteiger partial charge is 0.0590 e. The zero-order chi connectivity index (χ0) is 12.6. The van der Waals surface area contributed by atoms with Crippen LogP contribution in [0.15, 0.2) is 0 Å². The summed E-state index contributed by atoms with van der Waals surface area (Å²) in [6.45, 7) is 6.29. The highest BCUT2D eigenvalue weighted by atomic mass is 16.5. The molecule has 104 valence electrons. The van der Waals surface area contributed by atoms with E-state index in [-0.39, 0.29) is 0 Å². The maximum Gasteiger partial charge on any atom is 0.0590 e. The third-order valence-electron chi connectivity index (χ3n) is 2.12. The molecule has 0 bridgehead atoms. The van der Waals surface area contributed by atoms with Crippen molar-refractivity contribution in [2.45, 2.75) is 12.8 Å². The first-order chi connectivity index (χ1) is 8.41. The van der Waals surface area contributed by atoms with Crippen LogP contribution in [0.1, 0.15) is 12.8 Å². The van der Waals surface area contributed by atoms with Gasteiger partial charge in [-0.3, -0.25) is 0 Å². The minimum atomic E-state index is 0.743. The zero-order valence-electron chi connectivity index (χ0n) is 11.2. The number of rotatable bonds is 14. The summed E-state index contributed by atoms with van der Waals surface area (Å²) in [6, 6.07) is 0. The lowest BCUT2D eigenvalue weighted by Gasteiger charge is -2.07. The van der Waals surface area contributed by atoms with Gasteiger partial charge >= 0.3 is 0 Å². The molecular formula is C12H27NO4. The molecule has 0 aromatic rings. The molecule has 0 amide bonds. The standard InChI is InChI=1S/C12H27NO4/c1-14-7-3-9-16-11-5-13-6-12-17-10-4-8-15-2/h13H,3-12H2,1-2H3. The molecule has 5 heteroatoms. The van der Waals surface area contributed by atoms with E-state index in [4.69, 9.17) is 18.9 Å². The topological polar surface area (TPSA) is 49.0 Å². The third kappa shape index (κ3) is 15.8. The van der Waals surface area contributed by atoms with Gasteiger partial charge in [0.05, 0.1) is 13.2 Å². The summed E-state index contributed by atoms with van der Waals surface area (Å²) in [5, 5.41) is 3.25. The maximum absolute atomic E-state index is 5.40. The summed E-state index contributed by atoms with van der Waals surface area (Å²) in [5.41, 5.74) is 0. The lowest BCUT2D eigenvalue weighted by Crippen LogP contribution is -2.24. The lowest BCUT2D eigenvalue weighted by atomic mass is 10.5. The van der Waals surface area contributed by atoms with Gasteiger partial charge in [-0.25, -0.2) is 0 Å². The molecule has 0 heterocycles. The van der Waals surface area contributed by atoms with Crippen LogP contribution in [0.3, 0.4) is 0 Å². The Morgan fingerprint density at radius 1 is 0.647 bits per heavy atom. The van der Waals surface area contributed by atoms with E-state index in [1.807, 2.05) is 0 Å². The molecule has 0 spiro atoms. The SMILES string of the molecule is COCCCOCCNCCOCCCOC. The summed E-state index contributed by atoms with van der Waals surface area (Å²) in [6.07, 6.45) is 1.91. The fourth-order valence-electron chi connectivity index (χ4n) is 1.23. The number of hydrogen-bond acceptors (Lipinski definition) is 5. The van der Waals surface area contributed by atoms with Crippen LogP contribution in [0.4, 0.5) is 0 Å². The summed E-state index contributed by atoms with van der Waals surface area (Å²) in [5.74, 6) is 0. The van der Waals surface area contributed by atoms with Crippen molar-refractivity contribution in [3.8, 4) is 0 Å². The fraction of sp³-hybridized carbons (Fsp3) is 1.00. The van der Waals surface area contributed by atoms with E-state index in [0.29, 0.717) is 0 Å². The normalized spacial score (nSPS) is 10.9. The third-order valence-corrected chi connectivity index (χ3v) is 2.12. The molecule has 1 N–H and O–H groups in total. The summed E-state index contributed by atoms with van der Waals surface area (Å²) >= 11 is 0. The Hall–Kier alpha value is -0.200. The second-order valence-corrected chi connectivity index (χ2v) is 3.67. The average molecular weight is 249 g/mol. The number of methoxy groups -OCH3 is 2. The minimum absolute atomic E-state index is 0.743. The van der Waals surface area contributed by atoms with E-state index in [1.54, 1.807) is 14.2 Å². The van der Waals surface area contributed by atoms with Crippen LogP contribution in [0.5, 0.6) is 0 Å². The van der Waals surface area contributed by atoms with Gasteiger partial charge in [0.25, 0.3) is 0 Å². The predicted molar refractivity (Wildman–Crippen MR) is 67.5 cm³/mol. The van der Waals surface area contributed by atoms with Crippen molar-refractivity contribution < 1.29 is 18.9 Å². The van der Waals surface area contributed by atoms with Crippen molar-refractivity contribution in [3.63, 3.8) is 0 Å². The Labute approximate surface area is 105 Å². The molecule has 0 rings (SSSR count). The Balaban J connectivity index is 2.85. The number of ether oxygens (including phenoxy) is 4. The predicted octanol–water partition coefficient (Wildman–Crippen LogP) is 0.682. The quantitative estimate of drug-likeness (QED) is 0.459. The van der Waals surface area contributed by atoms with Gasteiger partial charge < -0.3 is 24.3 Å². The van der Waals surface area contributed by atoms with Gasteiger partial charge in [-0.15, -0.1) is 0 Å². The van der Waals surface area contributed by atoms with Crippen LogP contribution < -0.4 is 5.32 Å². The van der Waals surface area contributed by atoms with Gasteiger partial charge in [0.2, 0.25) is 0 Å². The molecular weight excluding hydrogens is 222 g/mol. The lowest BCUT2D eigenvalue weighted by molar-refractivity contribution is 0.0944. The van der Waals surface area contributed by atoms with Crippen LogP contribution in [-0.2, 0) is 18.9 Å². The van der Waals surface area contributed by atoms with Crippen LogP contribution in [-0.4, -0.2) is 67.0 Å². The van der Waals surface area contributed by atoms with Crippen molar-refractivity contribution in [2.75, 3.05) is 67.0 Å². The second kappa shape index (κ2) is 15.8. The van der Waals surface area contributed by atoms with E-state index in [0.717, 1.165) is 65.6 Å². The summed E-state index contributed by atoms with van der Waals surface area (Å²) in [4.78, 5) is 0. The largest absolute Gasteiger partial charge is 0.385 e. The van der Waals surface area contributed by atoms with Gasteiger partial charge in [-0.05, 0) is 12.8 Å². The van der Waals surface area contributed by atoms with E-state index in [1.165, 1.54) is 0 Å². The molecule has 0 aromatic heterocycles. The number of nitrogens with one attached hydrogen (secondary N) is 1. The van der Waals surface area contributed by atoms with Gasteiger partial charge in [-0.2, -0.15) is 0 Å². The van der Waals surface area contributed by atoms with E-state index in [9.17, 15) is 0 Å². The van der Waals surface area contributed by atoms with Crippen LogP contribution in [0.25, 0.3) is 0 Å². The van der Waals surface area contributed by atoms with Gasteiger partial charge in [0.15, 0.2) is 0 Å². The second-order valence-electron chi connectivity index (χ2n) is 3.67. The van der Waals surface area contributed by atoms with Gasteiger partial charge in [-0.1, -0.05) is 0 Å². The van der Waals surface area contributed by atoms with Crippen LogP contribution >= 0.6 is 0 Å². The summed E-state index contributed by atoms with van der Waals surface area (Å²) in [7, 11) is 3.41. The van der Waals surface area contributed by atoms with Crippen molar-refractivity contribution in [3.05, 3.63) is 0 Å². The minimum Gasteiger partial charge on any atom is -0.385 e. The van der Waals surface area contributed by atoms with E-state index < -0.39 is 0 Å². The highest BCUT2D eigenvalue weighted by Crippen LogP contribution is 1.84. The average Bonchev–Trinajstić information content (AvgIpc) is 2.35. The van der Waals surface area contributed by atoms with E-state index in [2.05, 4.69) is 5.32 Å². The van der Waals surface area contributed by atoms with Crippen molar-refractivity contribution in [1.29, 1.82) is 0 Å². The molecule has 0 saturated heterocycles. The molecule has 0 aliphatic rings. The monoisotopic (exact) mass is 249 g/mol. The maximum atomic E-state index is 5.40. The Bertz CT molecular complexity index is 122. The molecule has 5 nitrogen and oxygen atoms in total. The molecule has 0 aliphatic carbocycles. The van der Waals surface area contributed by atoms with E-state index >= 15 is 0 Å². The van der Waals surface area contributed by atoms with Crippen LogP contribution in [0.2, 0.25) is 0 Å². The van der Waals surface area contributed by atoms with Crippen LogP contribution in [0, 0.1) is 0 Å². The Morgan fingerprint density at radius 2 is 1.12 bits per heavy atom. The molecule has 0 aromatic carbocycles. The highest BCUT2D eigenvalue weighted by Gasteiger charge is 1.91. The van der Waals surface area contributed by atoms with Crippen molar-refractivity contribution >= 4 is 0 Å². The molecule has 17 heavy (non-hydrogen) atoms. The Kier molecular flexibility index (Phi) is 15.6. The zero-order valence-corrected chi connectivity index (χ0v) is 11.2. The fourth-order valence-corrected chi connectivity index (χ4v) is 1.23. The molecule has 0 atom stereocenters. The highest BCUT2D eigenvalue weighted by molar-refractivity contribution is 4.45. The number of hydrogen-bond donors (Lipinski definition) is 1. The first kappa shape index (κ1) is 16.8. The van der Waals surface area contributed by atoms with Crippen molar-refractivity contribution in [2.24, 2.45) is 0 Å².